The third-order valence-corrected chi connectivity index (χ3v) is 5.66. The second-order valence-electron chi connectivity index (χ2n) is 6.72. The number of fused-ring (bicyclic) bond motifs is 1. The van der Waals surface area contributed by atoms with Crippen molar-refractivity contribution in [2.24, 2.45) is 0 Å². The van der Waals surface area contributed by atoms with Gasteiger partial charge in [-0.3, -0.25) is 9.36 Å². The third-order valence-electron chi connectivity index (χ3n) is 4.62. The number of halogens is 2. The van der Waals surface area contributed by atoms with E-state index in [4.69, 9.17) is 4.74 Å². The zero-order chi connectivity index (χ0) is 21.1. The molecule has 1 aromatic heterocycles. The van der Waals surface area contributed by atoms with E-state index >= 15 is 0 Å². The minimum Gasteiger partial charge on any atom is -0.497 e. The molecule has 0 aliphatic heterocycles. The Morgan fingerprint density at radius 1 is 0.967 bits per heavy atom. The SMILES string of the molecule is COc1ccc(Cn2c(SCc3cc(F)cc(F)c3)nc3ccccc3c2=O)cc1. The monoisotopic (exact) mass is 424 g/mol. The lowest BCUT2D eigenvalue weighted by atomic mass is 10.2. The Morgan fingerprint density at radius 2 is 1.67 bits per heavy atom. The highest BCUT2D eigenvalue weighted by Gasteiger charge is 2.13. The molecule has 0 aliphatic rings. The molecule has 152 valence electrons. The van der Waals surface area contributed by atoms with E-state index < -0.39 is 11.6 Å². The molecule has 1 heterocycles. The Bertz CT molecular complexity index is 1240. The van der Waals surface area contributed by atoms with Gasteiger partial charge in [0.2, 0.25) is 0 Å². The summed E-state index contributed by atoms with van der Waals surface area (Å²) in [5, 5.41) is 1.01. The van der Waals surface area contributed by atoms with Gasteiger partial charge in [-0.2, -0.15) is 0 Å². The first-order valence-electron chi connectivity index (χ1n) is 9.24. The highest BCUT2D eigenvalue weighted by molar-refractivity contribution is 7.98. The van der Waals surface area contributed by atoms with Crippen molar-refractivity contribution in [1.82, 2.24) is 9.55 Å². The first-order chi connectivity index (χ1) is 14.5. The van der Waals surface area contributed by atoms with Gasteiger partial charge in [0, 0.05) is 11.8 Å². The topological polar surface area (TPSA) is 44.1 Å². The van der Waals surface area contributed by atoms with Crippen LogP contribution in [-0.2, 0) is 12.3 Å². The van der Waals surface area contributed by atoms with Gasteiger partial charge in [0.05, 0.1) is 24.6 Å². The molecule has 7 heteroatoms. The molecule has 0 fully saturated rings. The fraction of sp³-hybridized carbons (Fsp3) is 0.130. The zero-order valence-corrected chi connectivity index (χ0v) is 17.0. The summed E-state index contributed by atoms with van der Waals surface area (Å²) in [5.41, 5.74) is 1.82. The number of aromatic nitrogens is 2. The van der Waals surface area contributed by atoms with Crippen LogP contribution in [0.4, 0.5) is 8.78 Å². The number of thioether (sulfide) groups is 1. The van der Waals surface area contributed by atoms with E-state index in [-0.39, 0.29) is 11.3 Å². The lowest BCUT2D eigenvalue weighted by molar-refractivity contribution is 0.414. The summed E-state index contributed by atoms with van der Waals surface area (Å²) in [5.74, 6) is -0.256. The van der Waals surface area contributed by atoms with Crippen LogP contribution in [0.2, 0.25) is 0 Å². The van der Waals surface area contributed by atoms with Crippen LogP contribution < -0.4 is 10.3 Å². The summed E-state index contributed by atoms with van der Waals surface area (Å²) >= 11 is 1.27. The molecule has 0 bridgehead atoms. The van der Waals surface area contributed by atoms with Crippen LogP contribution in [0.1, 0.15) is 11.1 Å². The molecule has 0 aliphatic carbocycles. The van der Waals surface area contributed by atoms with E-state index in [1.807, 2.05) is 30.3 Å². The summed E-state index contributed by atoms with van der Waals surface area (Å²) in [7, 11) is 1.59. The van der Waals surface area contributed by atoms with E-state index in [9.17, 15) is 13.6 Å². The number of hydrogen-bond acceptors (Lipinski definition) is 4. The van der Waals surface area contributed by atoms with Gasteiger partial charge in [-0.1, -0.05) is 36.0 Å². The van der Waals surface area contributed by atoms with Crippen molar-refractivity contribution in [3.63, 3.8) is 0 Å². The smallest absolute Gasteiger partial charge is 0.262 e. The summed E-state index contributed by atoms with van der Waals surface area (Å²) < 4.78 is 33.8. The molecule has 4 aromatic rings. The lowest BCUT2D eigenvalue weighted by Crippen LogP contribution is -2.24. The molecule has 0 saturated carbocycles. The number of rotatable bonds is 6. The van der Waals surface area contributed by atoms with Crippen LogP contribution >= 0.6 is 11.8 Å². The predicted molar refractivity (Wildman–Crippen MR) is 114 cm³/mol. The van der Waals surface area contributed by atoms with Gasteiger partial charge >= 0.3 is 0 Å². The number of hydrogen-bond donors (Lipinski definition) is 0. The highest BCUT2D eigenvalue weighted by atomic mass is 32.2. The van der Waals surface area contributed by atoms with Crippen molar-refractivity contribution in [2.75, 3.05) is 7.11 Å². The maximum absolute atomic E-state index is 13.5. The van der Waals surface area contributed by atoms with Crippen LogP contribution in [0, 0.1) is 11.6 Å². The second-order valence-corrected chi connectivity index (χ2v) is 7.66. The Hall–Kier alpha value is -3.19. The standard InChI is InChI=1S/C23H18F2N2O2S/c1-29-19-8-6-15(7-9-19)13-27-22(28)20-4-2-3-5-21(20)26-23(27)30-14-16-10-17(24)12-18(25)11-16/h2-12H,13-14H2,1H3. The molecule has 0 unspecified atom stereocenters. The molecule has 0 N–H and O–H groups in total. The minimum atomic E-state index is -0.632. The maximum atomic E-state index is 13.5. The van der Waals surface area contributed by atoms with Crippen molar-refractivity contribution >= 4 is 22.7 Å². The van der Waals surface area contributed by atoms with Crippen molar-refractivity contribution in [3.8, 4) is 5.75 Å². The number of methoxy groups -OCH3 is 1. The lowest BCUT2D eigenvalue weighted by Gasteiger charge is -2.14. The van der Waals surface area contributed by atoms with E-state index in [1.165, 1.54) is 23.9 Å². The fourth-order valence-electron chi connectivity index (χ4n) is 3.15. The fourth-order valence-corrected chi connectivity index (χ4v) is 4.08. The molecule has 0 atom stereocenters. The normalized spacial score (nSPS) is 11.0. The van der Waals surface area contributed by atoms with Gasteiger partial charge in [-0.25, -0.2) is 13.8 Å². The van der Waals surface area contributed by atoms with Crippen LogP contribution in [0.15, 0.2) is 76.7 Å². The van der Waals surface area contributed by atoms with Crippen LogP contribution in [0.25, 0.3) is 10.9 Å². The quantitative estimate of drug-likeness (QED) is 0.322. The van der Waals surface area contributed by atoms with E-state index in [1.54, 1.807) is 29.9 Å². The number of para-hydroxylation sites is 1. The Kier molecular flexibility index (Phi) is 5.81. The third kappa shape index (κ3) is 4.36. The van der Waals surface area contributed by atoms with Gasteiger partial charge in [0.15, 0.2) is 5.16 Å². The number of ether oxygens (including phenoxy) is 1. The van der Waals surface area contributed by atoms with E-state index in [0.717, 1.165) is 17.4 Å². The van der Waals surface area contributed by atoms with Gasteiger partial charge in [0.25, 0.3) is 5.56 Å². The Labute approximate surface area is 176 Å². The average Bonchev–Trinajstić information content (AvgIpc) is 2.74. The Balaban J connectivity index is 1.72. The second kappa shape index (κ2) is 8.67. The molecule has 0 radical (unpaired) electrons. The molecule has 4 rings (SSSR count). The van der Waals surface area contributed by atoms with Gasteiger partial charge in [0.1, 0.15) is 17.4 Å². The number of nitrogens with zero attached hydrogens (tertiary/aromatic N) is 2. The summed E-state index contributed by atoms with van der Waals surface area (Å²) in [6.45, 7) is 0.320. The predicted octanol–water partition coefficient (Wildman–Crippen LogP) is 5.02. The van der Waals surface area contributed by atoms with E-state index in [0.29, 0.717) is 28.2 Å². The van der Waals surface area contributed by atoms with Crippen LogP contribution in [-0.4, -0.2) is 16.7 Å². The van der Waals surface area contributed by atoms with Crippen molar-refractivity contribution in [1.29, 1.82) is 0 Å². The Morgan fingerprint density at radius 3 is 2.37 bits per heavy atom. The molecule has 0 amide bonds. The highest BCUT2D eigenvalue weighted by Crippen LogP contribution is 2.24. The number of benzene rings is 3. The van der Waals surface area contributed by atoms with Gasteiger partial charge in [-0.15, -0.1) is 0 Å². The molecule has 0 saturated heterocycles. The first kappa shape index (κ1) is 20.1. The van der Waals surface area contributed by atoms with Crippen molar-refractivity contribution in [2.45, 2.75) is 17.5 Å². The summed E-state index contributed by atoms with van der Waals surface area (Å²) in [6, 6.07) is 18.0. The summed E-state index contributed by atoms with van der Waals surface area (Å²) in [4.78, 5) is 17.8. The molecule has 4 nitrogen and oxygen atoms in total. The molecule has 0 spiro atoms. The van der Waals surface area contributed by atoms with Crippen molar-refractivity contribution in [3.05, 3.63) is 99.8 Å². The maximum Gasteiger partial charge on any atom is 0.262 e. The average molecular weight is 424 g/mol. The molecule has 3 aromatic carbocycles. The minimum absolute atomic E-state index is 0.163. The van der Waals surface area contributed by atoms with Crippen LogP contribution in [0.3, 0.4) is 0 Å². The van der Waals surface area contributed by atoms with E-state index in [2.05, 4.69) is 4.98 Å². The molecule has 30 heavy (non-hydrogen) atoms. The van der Waals surface area contributed by atoms with Gasteiger partial charge in [-0.05, 0) is 47.5 Å². The van der Waals surface area contributed by atoms with Gasteiger partial charge < -0.3 is 4.74 Å². The molecular weight excluding hydrogens is 406 g/mol. The van der Waals surface area contributed by atoms with Crippen LogP contribution in [0.5, 0.6) is 5.75 Å². The zero-order valence-electron chi connectivity index (χ0n) is 16.1. The first-order valence-corrected chi connectivity index (χ1v) is 10.2. The van der Waals surface area contributed by atoms with Crippen molar-refractivity contribution < 1.29 is 13.5 Å². The molecular formula is C23H18F2N2O2S. The largest absolute Gasteiger partial charge is 0.497 e. The summed E-state index contributed by atoms with van der Waals surface area (Å²) in [6.07, 6.45) is 0.